The van der Waals surface area contributed by atoms with Gasteiger partial charge in [-0.15, -0.1) is 0 Å². The van der Waals surface area contributed by atoms with Crippen molar-refractivity contribution in [3.63, 3.8) is 0 Å². The molecule has 0 saturated carbocycles. The van der Waals surface area contributed by atoms with E-state index in [-0.39, 0.29) is 5.41 Å². The molecule has 0 aliphatic rings. The summed E-state index contributed by atoms with van der Waals surface area (Å²) in [4.78, 5) is 0. The Kier molecular flexibility index (Phi) is 6.34. The van der Waals surface area contributed by atoms with Gasteiger partial charge in [-0.3, -0.25) is 0 Å². The second-order valence-electron chi connectivity index (χ2n) is 5.23. The van der Waals surface area contributed by atoms with E-state index in [4.69, 9.17) is 5.26 Å². The van der Waals surface area contributed by atoms with Crippen molar-refractivity contribution in [2.45, 2.75) is 39.2 Å². The zero-order valence-corrected chi connectivity index (χ0v) is 12.0. The summed E-state index contributed by atoms with van der Waals surface area (Å²) in [5, 5.41) is 25.9. The van der Waals surface area contributed by atoms with Crippen LogP contribution in [0.2, 0.25) is 0 Å². The number of aliphatic hydroxyl groups excluding tert-OH is 1. The molecule has 0 aromatic carbocycles. The summed E-state index contributed by atoms with van der Waals surface area (Å²) >= 11 is 1.60. The molecular formula is C14H22N2OS. The Labute approximate surface area is 113 Å². The van der Waals surface area contributed by atoms with Crippen LogP contribution in [0, 0.1) is 16.7 Å². The molecule has 0 radical (unpaired) electrons. The predicted octanol–water partition coefficient (Wildman–Crippen LogP) is 3.09. The SMILES string of the molecule is CC(C)(C#N)CCCCNCC(O)c1ccsc1. The van der Waals surface area contributed by atoms with Gasteiger partial charge in [-0.2, -0.15) is 16.6 Å². The molecule has 1 unspecified atom stereocenters. The average molecular weight is 266 g/mol. The van der Waals surface area contributed by atoms with E-state index in [0.717, 1.165) is 31.4 Å². The molecule has 1 aromatic heterocycles. The Morgan fingerprint density at radius 2 is 2.28 bits per heavy atom. The fraction of sp³-hybridized carbons (Fsp3) is 0.643. The maximum absolute atomic E-state index is 9.83. The minimum Gasteiger partial charge on any atom is -0.387 e. The van der Waals surface area contributed by atoms with Gasteiger partial charge < -0.3 is 10.4 Å². The molecule has 1 aromatic rings. The summed E-state index contributed by atoms with van der Waals surface area (Å²) in [7, 11) is 0. The number of nitrogens with one attached hydrogen (secondary N) is 1. The van der Waals surface area contributed by atoms with E-state index in [1.165, 1.54) is 0 Å². The van der Waals surface area contributed by atoms with Crippen molar-refractivity contribution < 1.29 is 5.11 Å². The van der Waals surface area contributed by atoms with Gasteiger partial charge in [-0.25, -0.2) is 0 Å². The standard InChI is InChI=1S/C14H22N2OS/c1-14(2,11-15)6-3-4-7-16-9-13(17)12-5-8-18-10-12/h5,8,10,13,16-17H,3-4,6-7,9H2,1-2H3. The van der Waals surface area contributed by atoms with E-state index in [0.29, 0.717) is 6.54 Å². The van der Waals surface area contributed by atoms with Crippen LogP contribution in [0.25, 0.3) is 0 Å². The molecule has 100 valence electrons. The number of unbranched alkanes of at least 4 members (excludes halogenated alkanes) is 1. The van der Waals surface area contributed by atoms with Crippen LogP contribution >= 0.6 is 11.3 Å². The van der Waals surface area contributed by atoms with Gasteiger partial charge in [0, 0.05) is 6.54 Å². The number of nitriles is 1. The first-order valence-corrected chi connectivity index (χ1v) is 7.31. The van der Waals surface area contributed by atoms with E-state index in [1.807, 2.05) is 30.7 Å². The monoisotopic (exact) mass is 266 g/mol. The second kappa shape index (κ2) is 7.52. The molecule has 3 nitrogen and oxygen atoms in total. The highest BCUT2D eigenvalue weighted by Crippen LogP contribution is 2.21. The van der Waals surface area contributed by atoms with E-state index in [9.17, 15) is 5.11 Å². The van der Waals surface area contributed by atoms with Gasteiger partial charge in [0.05, 0.1) is 17.6 Å². The zero-order chi connectivity index (χ0) is 13.4. The molecule has 1 heterocycles. The molecule has 0 fully saturated rings. The molecule has 0 saturated heterocycles. The first kappa shape index (κ1) is 15.2. The number of nitrogens with zero attached hydrogens (tertiary/aromatic N) is 1. The molecule has 0 aliphatic heterocycles. The molecule has 1 rings (SSSR count). The number of hydrogen-bond donors (Lipinski definition) is 2. The Bertz CT molecular complexity index is 368. The largest absolute Gasteiger partial charge is 0.387 e. The predicted molar refractivity (Wildman–Crippen MR) is 75.4 cm³/mol. The summed E-state index contributed by atoms with van der Waals surface area (Å²) in [6, 6.07) is 4.26. The molecule has 0 aliphatic carbocycles. The van der Waals surface area contributed by atoms with Crippen molar-refractivity contribution in [2.75, 3.05) is 13.1 Å². The van der Waals surface area contributed by atoms with Crippen LogP contribution in [-0.2, 0) is 0 Å². The Hall–Kier alpha value is -0.890. The smallest absolute Gasteiger partial charge is 0.0922 e. The van der Waals surface area contributed by atoms with Crippen LogP contribution in [0.5, 0.6) is 0 Å². The van der Waals surface area contributed by atoms with E-state index < -0.39 is 6.10 Å². The van der Waals surface area contributed by atoms with Gasteiger partial charge in [-0.1, -0.05) is 6.42 Å². The van der Waals surface area contributed by atoms with Crippen LogP contribution < -0.4 is 5.32 Å². The first-order valence-electron chi connectivity index (χ1n) is 6.37. The molecule has 0 spiro atoms. The molecular weight excluding hydrogens is 244 g/mol. The lowest BCUT2D eigenvalue weighted by atomic mass is 9.89. The third-order valence-electron chi connectivity index (χ3n) is 2.97. The Balaban J connectivity index is 2.04. The van der Waals surface area contributed by atoms with Gasteiger partial charge in [0.1, 0.15) is 0 Å². The summed E-state index contributed by atoms with van der Waals surface area (Å²) in [5.74, 6) is 0. The molecule has 4 heteroatoms. The van der Waals surface area contributed by atoms with Crippen LogP contribution in [0.3, 0.4) is 0 Å². The minimum absolute atomic E-state index is 0.212. The second-order valence-corrected chi connectivity index (χ2v) is 6.01. The van der Waals surface area contributed by atoms with Crippen molar-refractivity contribution in [3.8, 4) is 6.07 Å². The highest BCUT2D eigenvalue weighted by atomic mass is 32.1. The quantitative estimate of drug-likeness (QED) is 0.711. The summed E-state index contributed by atoms with van der Waals surface area (Å²) < 4.78 is 0. The van der Waals surface area contributed by atoms with Gasteiger partial charge in [-0.05, 0) is 55.6 Å². The maximum Gasteiger partial charge on any atom is 0.0922 e. The lowest BCUT2D eigenvalue weighted by Gasteiger charge is -2.15. The van der Waals surface area contributed by atoms with E-state index in [1.54, 1.807) is 11.3 Å². The highest BCUT2D eigenvalue weighted by Gasteiger charge is 2.15. The highest BCUT2D eigenvalue weighted by molar-refractivity contribution is 7.07. The minimum atomic E-state index is -0.410. The van der Waals surface area contributed by atoms with Crippen LogP contribution in [-0.4, -0.2) is 18.2 Å². The van der Waals surface area contributed by atoms with E-state index in [2.05, 4.69) is 11.4 Å². The van der Waals surface area contributed by atoms with Crippen molar-refractivity contribution >= 4 is 11.3 Å². The fourth-order valence-corrected chi connectivity index (χ4v) is 2.40. The van der Waals surface area contributed by atoms with E-state index >= 15 is 0 Å². The summed E-state index contributed by atoms with van der Waals surface area (Å²) in [5.41, 5.74) is 0.772. The summed E-state index contributed by atoms with van der Waals surface area (Å²) in [6.45, 7) is 5.43. The van der Waals surface area contributed by atoms with Gasteiger partial charge in [0.2, 0.25) is 0 Å². The molecule has 18 heavy (non-hydrogen) atoms. The number of hydrogen-bond acceptors (Lipinski definition) is 4. The normalized spacial score (nSPS) is 13.2. The summed E-state index contributed by atoms with van der Waals surface area (Å²) in [6.07, 6.45) is 2.61. The molecule has 0 bridgehead atoms. The number of thiophene rings is 1. The third kappa shape index (κ3) is 5.63. The van der Waals surface area contributed by atoms with Crippen LogP contribution in [0.1, 0.15) is 44.8 Å². The topological polar surface area (TPSA) is 56.0 Å². The molecule has 1 atom stereocenters. The van der Waals surface area contributed by atoms with Crippen molar-refractivity contribution in [2.24, 2.45) is 5.41 Å². The molecule has 2 N–H and O–H groups in total. The first-order chi connectivity index (χ1) is 8.55. The molecule has 0 amide bonds. The van der Waals surface area contributed by atoms with Crippen molar-refractivity contribution in [1.82, 2.24) is 5.32 Å². The zero-order valence-electron chi connectivity index (χ0n) is 11.1. The third-order valence-corrected chi connectivity index (χ3v) is 3.68. The number of rotatable bonds is 8. The van der Waals surface area contributed by atoms with Gasteiger partial charge in [0.15, 0.2) is 0 Å². The van der Waals surface area contributed by atoms with Gasteiger partial charge >= 0.3 is 0 Å². The lowest BCUT2D eigenvalue weighted by Crippen LogP contribution is -2.22. The van der Waals surface area contributed by atoms with Crippen molar-refractivity contribution in [1.29, 1.82) is 5.26 Å². The van der Waals surface area contributed by atoms with Crippen LogP contribution in [0.15, 0.2) is 16.8 Å². The number of aliphatic hydroxyl groups is 1. The van der Waals surface area contributed by atoms with Crippen molar-refractivity contribution in [3.05, 3.63) is 22.4 Å². The Morgan fingerprint density at radius 3 is 2.89 bits per heavy atom. The fourth-order valence-electron chi connectivity index (χ4n) is 1.69. The van der Waals surface area contributed by atoms with Crippen LogP contribution in [0.4, 0.5) is 0 Å². The average Bonchev–Trinajstić information content (AvgIpc) is 2.87. The maximum atomic E-state index is 9.83. The lowest BCUT2D eigenvalue weighted by molar-refractivity contribution is 0.175. The van der Waals surface area contributed by atoms with Gasteiger partial charge in [0.25, 0.3) is 0 Å². The Morgan fingerprint density at radius 1 is 1.50 bits per heavy atom.